The third kappa shape index (κ3) is 5.98. The smallest absolute Gasteiger partial charge is 0.408 e. The van der Waals surface area contributed by atoms with E-state index >= 15 is 0 Å². The highest BCUT2D eigenvalue weighted by atomic mass is 16.6. The first kappa shape index (κ1) is 17.2. The summed E-state index contributed by atoms with van der Waals surface area (Å²) in [6.45, 7) is 11.6. The minimum atomic E-state index is -0.581. The van der Waals surface area contributed by atoms with Gasteiger partial charge in [0.25, 0.3) is 0 Å². The lowest BCUT2D eigenvalue weighted by molar-refractivity contribution is 0.0520. The average Bonchev–Trinajstić information content (AvgIpc) is 2.33. The summed E-state index contributed by atoms with van der Waals surface area (Å²) in [6, 6.07) is 7.47. The van der Waals surface area contributed by atoms with Crippen molar-refractivity contribution in [3.63, 3.8) is 0 Å². The van der Waals surface area contributed by atoms with Crippen molar-refractivity contribution in [2.24, 2.45) is 0 Å². The largest absolute Gasteiger partial charge is 0.444 e. The molecule has 0 fully saturated rings. The van der Waals surface area contributed by atoms with Crippen LogP contribution in [0.4, 0.5) is 4.79 Å². The summed E-state index contributed by atoms with van der Waals surface area (Å²) in [5, 5.41) is 2.47. The quantitative estimate of drug-likeness (QED) is 0.864. The van der Waals surface area contributed by atoms with Gasteiger partial charge in [0.2, 0.25) is 0 Å². The molecule has 0 aromatic heterocycles. The molecule has 0 spiro atoms. The number of nitrogens with one attached hydrogen (secondary N) is 1. The molecule has 1 amide bonds. The normalized spacial score (nSPS) is 11.9. The van der Waals surface area contributed by atoms with Crippen LogP contribution in [0.2, 0.25) is 0 Å². The number of benzene rings is 1. The molecule has 21 heavy (non-hydrogen) atoms. The van der Waals surface area contributed by atoms with E-state index in [0.717, 1.165) is 0 Å². The van der Waals surface area contributed by atoms with E-state index in [4.69, 9.17) is 4.74 Å². The first-order valence-electron chi connectivity index (χ1n) is 7.09. The first-order chi connectivity index (χ1) is 9.49. The SMILES string of the molecule is CC(C)(C)OC(=O)NCC(=O)c1ccc(C(C)(C)C)cc1. The maximum atomic E-state index is 12.0. The average molecular weight is 291 g/mol. The van der Waals surface area contributed by atoms with Crippen LogP contribution in [0.5, 0.6) is 0 Å². The minimum absolute atomic E-state index is 0.0519. The Hall–Kier alpha value is -1.84. The Morgan fingerprint density at radius 2 is 1.52 bits per heavy atom. The number of carbonyl (C=O) groups excluding carboxylic acids is 2. The molecule has 0 aliphatic carbocycles. The molecule has 0 aliphatic heterocycles. The lowest BCUT2D eigenvalue weighted by Gasteiger charge is -2.20. The lowest BCUT2D eigenvalue weighted by Crippen LogP contribution is -2.35. The van der Waals surface area contributed by atoms with Crippen molar-refractivity contribution in [1.82, 2.24) is 5.32 Å². The van der Waals surface area contributed by atoms with Crippen molar-refractivity contribution in [3.05, 3.63) is 35.4 Å². The van der Waals surface area contributed by atoms with Crippen LogP contribution >= 0.6 is 0 Å². The van der Waals surface area contributed by atoms with Crippen LogP contribution in [0.25, 0.3) is 0 Å². The summed E-state index contributed by atoms with van der Waals surface area (Å²) in [5.41, 5.74) is 1.23. The highest BCUT2D eigenvalue weighted by Gasteiger charge is 2.17. The number of Topliss-reactive ketones (excluding diaryl/α,β-unsaturated/α-hetero) is 1. The molecule has 0 unspecified atom stereocenters. The van der Waals surface area contributed by atoms with E-state index < -0.39 is 11.7 Å². The third-order valence-corrected chi connectivity index (χ3v) is 2.87. The van der Waals surface area contributed by atoms with E-state index in [0.29, 0.717) is 5.56 Å². The number of ketones is 1. The van der Waals surface area contributed by atoms with Gasteiger partial charge in [-0.3, -0.25) is 4.79 Å². The van der Waals surface area contributed by atoms with Crippen LogP contribution in [0, 0.1) is 0 Å². The van der Waals surface area contributed by atoms with E-state index in [9.17, 15) is 9.59 Å². The Labute approximate surface area is 126 Å². The highest BCUT2D eigenvalue weighted by molar-refractivity contribution is 5.98. The van der Waals surface area contributed by atoms with Gasteiger partial charge in [0.05, 0.1) is 6.54 Å². The molecule has 0 bridgehead atoms. The van der Waals surface area contributed by atoms with Crippen molar-refractivity contribution in [2.75, 3.05) is 6.54 Å². The maximum Gasteiger partial charge on any atom is 0.408 e. The molecule has 0 aliphatic rings. The van der Waals surface area contributed by atoms with Crippen LogP contribution in [0.1, 0.15) is 57.5 Å². The molecule has 116 valence electrons. The van der Waals surface area contributed by atoms with Crippen LogP contribution in [0.3, 0.4) is 0 Å². The molecular weight excluding hydrogens is 266 g/mol. The van der Waals surface area contributed by atoms with E-state index in [-0.39, 0.29) is 17.7 Å². The molecule has 0 heterocycles. The van der Waals surface area contributed by atoms with Gasteiger partial charge in [0.15, 0.2) is 5.78 Å². The van der Waals surface area contributed by atoms with Gasteiger partial charge < -0.3 is 10.1 Å². The summed E-state index contributed by atoms with van der Waals surface area (Å²) < 4.78 is 5.09. The predicted octanol–water partition coefficient (Wildman–Crippen LogP) is 3.69. The number of hydrogen-bond donors (Lipinski definition) is 1. The molecule has 0 atom stereocenters. The molecule has 1 N–H and O–H groups in total. The van der Waals surface area contributed by atoms with Crippen LogP contribution in [-0.4, -0.2) is 24.0 Å². The van der Waals surface area contributed by atoms with E-state index in [1.807, 2.05) is 12.1 Å². The summed E-state index contributed by atoms with van der Waals surface area (Å²) in [4.78, 5) is 23.5. The number of amides is 1. The molecule has 0 saturated heterocycles. The second-order valence-electron chi connectivity index (χ2n) is 7.11. The standard InChI is InChI=1S/C17H25NO3/c1-16(2,3)13-9-7-12(8-10-13)14(19)11-18-15(20)21-17(4,5)6/h7-10H,11H2,1-6H3,(H,18,20). The van der Waals surface area contributed by atoms with Gasteiger partial charge in [-0.1, -0.05) is 45.0 Å². The molecule has 1 aromatic rings. The molecule has 4 nitrogen and oxygen atoms in total. The maximum absolute atomic E-state index is 12.0. The van der Waals surface area contributed by atoms with Crippen molar-refractivity contribution < 1.29 is 14.3 Å². The summed E-state index contributed by atoms with van der Waals surface area (Å²) >= 11 is 0. The Morgan fingerprint density at radius 1 is 1.00 bits per heavy atom. The van der Waals surface area contributed by atoms with Crippen LogP contribution in [0.15, 0.2) is 24.3 Å². The summed E-state index contributed by atoms with van der Waals surface area (Å²) in [7, 11) is 0. The van der Waals surface area contributed by atoms with Crippen LogP contribution in [-0.2, 0) is 10.2 Å². The number of alkyl carbamates (subject to hydrolysis) is 1. The van der Waals surface area contributed by atoms with Gasteiger partial charge in [0, 0.05) is 5.56 Å². The van der Waals surface area contributed by atoms with Crippen molar-refractivity contribution in [2.45, 2.75) is 52.6 Å². The monoisotopic (exact) mass is 291 g/mol. The molecule has 1 rings (SSSR count). The van der Waals surface area contributed by atoms with E-state index in [1.165, 1.54) is 5.56 Å². The van der Waals surface area contributed by atoms with E-state index in [1.54, 1.807) is 32.9 Å². The fourth-order valence-corrected chi connectivity index (χ4v) is 1.72. The van der Waals surface area contributed by atoms with Gasteiger partial charge in [-0.2, -0.15) is 0 Å². The molecule has 4 heteroatoms. The topological polar surface area (TPSA) is 55.4 Å². The van der Waals surface area contributed by atoms with Gasteiger partial charge >= 0.3 is 6.09 Å². The number of carbonyl (C=O) groups is 2. The van der Waals surface area contributed by atoms with Gasteiger partial charge in [-0.25, -0.2) is 4.79 Å². The number of hydrogen-bond acceptors (Lipinski definition) is 3. The van der Waals surface area contributed by atoms with Crippen LogP contribution < -0.4 is 5.32 Å². The summed E-state index contributed by atoms with van der Waals surface area (Å²) in [6.07, 6.45) is -0.581. The second-order valence-corrected chi connectivity index (χ2v) is 7.11. The van der Waals surface area contributed by atoms with Gasteiger partial charge in [0.1, 0.15) is 5.60 Å². The molecule has 0 radical (unpaired) electrons. The lowest BCUT2D eigenvalue weighted by atomic mass is 9.86. The van der Waals surface area contributed by atoms with Crippen molar-refractivity contribution in [1.29, 1.82) is 0 Å². The zero-order chi connectivity index (χ0) is 16.3. The fourth-order valence-electron chi connectivity index (χ4n) is 1.72. The molecule has 1 aromatic carbocycles. The van der Waals surface area contributed by atoms with Gasteiger partial charge in [-0.05, 0) is 31.7 Å². The minimum Gasteiger partial charge on any atom is -0.444 e. The first-order valence-corrected chi connectivity index (χ1v) is 7.09. The molecule has 0 saturated carbocycles. The zero-order valence-corrected chi connectivity index (χ0v) is 13.7. The van der Waals surface area contributed by atoms with Gasteiger partial charge in [-0.15, -0.1) is 0 Å². The second kappa shape index (κ2) is 6.29. The van der Waals surface area contributed by atoms with Crippen molar-refractivity contribution in [3.8, 4) is 0 Å². The Balaban J connectivity index is 2.59. The van der Waals surface area contributed by atoms with E-state index in [2.05, 4.69) is 26.1 Å². The third-order valence-electron chi connectivity index (χ3n) is 2.87. The predicted molar refractivity (Wildman–Crippen MR) is 83.7 cm³/mol. The number of ether oxygens (including phenoxy) is 1. The highest BCUT2D eigenvalue weighted by Crippen LogP contribution is 2.22. The zero-order valence-electron chi connectivity index (χ0n) is 13.7. The Bertz CT molecular complexity index is 504. The number of rotatable bonds is 3. The fraction of sp³-hybridized carbons (Fsp3) is 0.529. The van der Waals surface area contributed by atoms with Crippen molar-refractivity contribution >= 4 is 11.9 Å². The Morgan fingerprint density at radius 3 is 1.95 bits per heavy atom. The molecular formula is C17H25NO3. The summed E-state index contributed by atoms with van der Waals surface area (Å²) in [5.74, 6) is -0.138. The Kier molecular flexibility index (Phi) is 5.15.